The molecule has 0 saturated heterocycles. The number of carbonyl (C=O) groups excluding carboxylic acids is 1. The van der Waals surface area contributed by atoms with Gasteiger partial charge < -0.3 is 5.11 Å². The number of aliphatic carboxylic acids is 1. The van der Waals surface area contributed by atoms with Crippen molar-refractivity contribution in [2.75, 3.05) is 6.26 Å². The number of thioether (sulfide) groups is 1. The van der Waals surface area contributed by atoms with E-state index in [0.717, 1.165) is 17.7 Å². The molecular formula is C15H18O3S. The molecule has 2 rings (SSSR count). The van der Waals surface area contributed by atoms with E-state index in [4.69, 9.17) is 5.11 Å². The maximum absolute atomic E-state index is 12.4. The molecule has 1 fully saturated rings. The third-order valence-electron chi connectivity index (χ3n) is 3.77. The lowest BCUT2D eigenvalue weighted by molar-refractivity contribution is -0.143. The van der Waals surface area contributed by atoms with Crippen LogP contribution in [0.5, 0.6) is 0 Å². The molecule has 0 radical (unpaired) electrons. The van der Waals surface area contributed by atoms with Crippen molar-refractivity contribution < 1.29 is 14.7 Å². The van der Waals surface area contributed by atoms with E-state index in [9.17, 15) is 9.59 Å². The number of hydrogen-bond acceptors (Lipinski definition) is 3. The number of carboxylic acids is 1. The molecule has 19 heavy (non-hydrogen) atoms. The lowest BCUT2D eigenvalue weighted by Gasteiger charge is -2.25. The van der Waals surface area contributed by atoms with Gasteiger partial charge in [-0.15, -0.1) is 11.8 Å². The van der Waals surface area contributed by atoms with Gasteiger partial charge in [0.05, 0.1) is 5.92 Å². The summed E-state index contributed by atoms with van der Waals surface area (Å²) < 4.78 is 0. The first-order chi connectivity index (χ1) is 9.11. The summed E-state index contributed by atoms with van der Waals surface area (Å²) in [6, 6.07) is 7.57. The molecule has 0 aliphatic heterocycles. The highest BCUT2D eigenvalue weighted by Gasteiger charge is 2.31. The van der Waals surface area contributed by atoms with Crippen LogP contribution in [0.3, 0.4) is 0 Å². The molecule has 0 aromatic heterocycles. The standard InChI is InChI=1S/C15H18O3S/c1-19-13-7-5-10(6-8-13)14(16)11-3-2-4-12(9-11)15(17)18/h5-8,11-12H,2-4,9H2,1H3,(H,17,18)/t11-,12+/m0/s1. The second-order valence-corrected chi connectivity index (χ2v) is 5.87. The van der Waals surface area contributed by atoms with Gasteiger partial charge in [-0.2, -0.15) is 0 Å². The van der Waals surface area contributed by atoms with Gasteiger partial charge in [0.25, 0.3) is 0 Å². The number of ketones is 1. The van der Waals surface area contributed by atoms with Crippen LogP contribution >= 0.6 is 11.8 Å². The zero-order valence-electron chi connectivity index (χ0n) is 11.0. The predicted molar refractivity (Wildman–Crippen MR) is 75.6 cm³/mol. The average molecular weight is 278 g/mol. The Morgan fingerprint density at radius 3 is 2.37 bits per heavy atom. The van der Waals surface area contributed by atoms with Gasteiger partial charge in [0.15, 0.2) is 5.78 Å². The highest BCUT2D eigenvalue weighted by molar-refractivity contribution is 7.98. The maximum Gasteiger partial charge on any atom is 0.306 e. The second kappa shape index (κ2) is 6.24. The summed E-state index contributed by atoms with van der Waals surface area (Å²) in [4.78, 5) is 24.5. The SMILES string of the molecule is CSc1ccc(C(=O)[C@H]2CCC[C@@H](C(=O)O)C2)cc1. The molecule has 1 saturated carbocycles. The Labute approximate surface area is 117 Å². The summed E-state index contributed by atoms with van der Waals surface area (Å²) in [5.74, 6) is -1.16. The highest BCUT2D eigenvalue weighted by Crippen LogP contribution is 2.31. The summed E-state index contributed by atoms with van der Waals surface area (Å²) in [7, 11) is 0. The summed E-state index contributed by atoms with van der Waals surface area (Å²) in [5, 5.41) is 9.06. The Morgan fingerprint density at radius 2 is 1.79 bits per heavy atom. The van der Waals surface area contributed by atoms with Gasteiger partial charge in [-0.05, 0) is 37.7 Å². The Bertz CT molecular complexity index is 467. The predicted octanol–water partition coefficient (Wildman–Crippen LogP) is 3.48. The molecular weight excluding hydrogens is 260 g/mol. The summed E-state index contributed by atoms with van der Waals surface area (Å²) in [6.45, 7) is 0. The lowest BCUT2D eigenvalue weighted by atomic mass is 9.78. The molecule has 0 unspecified atom stereocenters. The molecule has 1 N–H and O–H groups in total. The molecule has 4 heteroatoms. The first kappa shape index (κ1) is 14.1. The van der Waals surface area contributed by atoms with Crippen molar-refractivity contribution in [2.24, 2.45) is 11.8 Å². The van der Waals surface area contributed by atoms with Crippen LogP contribution in [-0.2, 0) is 4.79 Å². The first-order valence-electron chi connectivity index (χ1n) is 6.53. The highest BCUT2D eigenvalue weighted by atomic mass is 32.2. The van der Waals surface area contributed by atoms with Crippen molar-refractivity contribution >= 4 is 23.5 Å². The van der Waals surface area contributed by atoms with Crippen molar-refractivity contribution in [1.82, 2.24) is 0 Å². The van der Waals surface area contributed by atoms with Crippen molar-refractivity contribution in [3.8, 4) is 0 Å². The fraction of sp³-hybridized carbons (Fsp3) is 0.467. The van der Waals surface area contributed by atoms with E-state index in [1.807, 2.05) is 30.5 Å². The molecule has 102 valence electrons. The lowest BCUT2D eigenvalue weighted by Crippen LogP contribution is -2.27. The van der Waals surface area contributed by atoms with Gasteiger partial charge in [-0.1, -0.05) is 18.6 Å². The van der Waals surface area contributed by atoms with E-state index in [1.165, 1.54) is 0 Å². The molecule has 1 aliphatic rings. The Hall–Kier alpha value is -1.29. The molecule has 0 spiro atoms. The summed E-state index contributed by atoms with van der Waals surface area (Å²) in [5.41, 5.74) is 0.703. The molecule has 1 aromatic rings. The van der Waals surface area contributed by atoms with Gasteiger partial charge in [0.1, 0.15) is 0 Å². The van der Waals surface area contributed by atoms with Gasteiger partial charge in [-0.3, -0.25) is 9.59 Å². The molecule has 1 aliphatic carbocycles. The summed E-state index contributed by atoms with van der Waals surface area (Å²) in [6.07, 6.45) is 4.82. The second-order valence-electron chi connectivity index (χ2n) is 4.99. The molecule has 3 nitrogen and oxygen atoms in total. The molecule has 1 aromatic carbocycles. The van der Waals surface area contributed by atoms with Crippen LogP contribution in [0.2, 0.25) is 0 Å². The van der Waals surface area contributed by atoms with Crippen LogP contribution in [0.15, 0.2) is 29.2 Å². The number of carbonyl (C=O) groups is 2. The van der Waals surface area contributed by atoms with Crippen LogP contribution in [0.25, 0.3) is 0 Å². The van der Waals surface area contributed by atoms with E-state index in [1.54, 1.807) is 11.8 Å². The monoisotopic (exact) mass is 278 g/mol. The van der Waals surface area contributed by atoms with Gasteiger partial charge in [0, 0.05) is 16.4 Å². The van der Waals surface area contributed by atoms with Gasteiger partial charge in [0.2, 0.25) is 0 Å². The van der Waals surface area contributed by atoms with E-state index in [-0.39, 0.29) is 17.6 Å². The Morgan fingerprint density at radius 1 is 1.16 bits per heavy atom. The minimum absolute atomic E-state index is 0.0959. The molecule has 2 atom stereocenters. The quantitative estimate of drug-likeness (QED) is 0.676. The Kier molecular flexibility index (Phi) is 4.64. The van der Waals surface area contributed by atoms with Gasteiger partial charge in [-0.25, -0.2) is 0 Å². The number of carboxylic acid groups (broad SMARTS) is 1. The van der Waals surface area contributed by atoms with Crippen molar-refractivity contribution in [3.63, 3.8) is 0 Å². The maximum atomic E-state index is 12.4. The first-order valence-corrected chi connectivity index (χ1v) is 7.75. The molecule has 0 amide bonds. The minimum atomic E-state index is -0.768. The van der Waals surface area contributed by atoms with Crippen LogP contribution in [0.1, 0.15) is 36.0 Å². The number of benzene rings is 1. The number of rotatable bonds is 4. The van der Waals surface area contributed by atoms with E-state index >= 15 is 0 Å². The molecule has 0 bridgehead atoms. The normalized spacial score (nSPS) is 23.0. The Balaban J connectivity index is 2.07. The van der Waals surface area contributed by atoms with Crippen LogP contribution in [-0.4, -0.2) is 23.1 Å². The van der Waals surface area contributed by atoms with Crippen molar-refractivity contribution in [1.29, 1.82) is 0 Å². The third-order valence-corrected chi connectivity index (χ3v) is 4.51. The fourth-order valence-corrected chi connectivity index (χ4v) is 3.05. The zero-order valence-corrected chi connectivity index (χ0v) is 11.8. The van der Waals surface area contributed by atoms with E-state index < -0.39 is 5.97 Å². The van der Waals surface area contributed by atoms with Crippen molar-refractivity contribution in [3.05, 3.63) is 29.8 Å². The smallest absolute Gasteiger partial charge is 0.306 e. The van der Waals surface area contributed by atoms with Crippen LogP contribution in [0, 0.1) is 11.8 Å². The van der Waals surface area contributed by atoms with E-state index in [0.29, 0.717) is 18.4 Å². The van der Waals surface area contributed by atoms with Crippen LogP contribution < -0.4 is 0 Å². The molecule has 0 heterocycles. The zero-order chi connectivity index (χ0) is 13.8. The van der Waals surface area contributed by atoms with Crippen molar-refractivity contribution in [2.45, 2.75) is 30.6 Å². The average Bonchev–Trinajstić information content (AvgIpc) is 2.46. The topological polar surface area (TPSA) is 54.4 Å². The van der Waals surface area contributed by atoms with Gasteiger partial charge >= 0.3 is 5.97 Å². The third kappa shape index (κ3) is 3.38. The fourth-order valence-electron chi connectivity index (χ4n) is 2.64. The number of Topliss-reactive ketones (excluding diaryl/α,β-unsaturated/α-hetero) is 1. The number of hydrogen-bond donors (Lipinski definition) is 1. The van der Waals surface area contributed by atoms with Crippen LogP contribution in [0.4, 0.5) is 0 Å². The minimum Gasteiger partial charge on any atom is -0.481 e. The van der Waals surface area contributed by atoms with E-state index in [2.05, 4.69) is 0 Å². The largest absolute Gasteiger partial charge is 0.481 e. The summed E-state index contributed by atoms with van der Waals surface area (Å²) >= 11 is 1.64.